The van der Waals surface area contributed by atoms with E-state index in [1.807, 2.05) is 12.1 Å². The van der Waals surface area contributed by atoms with Crippen LogP contribution in [0.25, 0.3) is 10.4 Å². The summed E-state index contributed by atoms with van der Waals surface area (Å²) in [5.74, 6) is 0. The molecule has 1 aromatic heterocycles. The SMILES string of the molecule is N#Cc1ccc(-c2cccc(CNC3CC3)c2)s1. The first-order valence-corrected chi connectivity index (χ1v) is 6.99. The maximum Gasteiger partial charge on any atom is 0.110 e. The largest absolute Gasteiger partial charge is 0.310 e. The molecule has 2 aromatic rings. The second-order valence-electron chi connectivity index (χ2n) is 4.63. The van der Waals surface area contributed by atoms with Crippen molar-refractivity contribution in [1.29, 1.82) is 5.26 Å². The van der Waals surface area contributed by atoms with Crippen LogP contribution in [0.15, 0.2) is 36.4 Å². The minimum absolute atomic E-state index is 0.737. The summed E-state index contributed by atoms with van der Waals surface area (Å²) in [5.41, 5.74) is 2.52. The van der Waals surface area contributed by atoms with E-state index in [-0.39, 0.29) is 0 Å². The first-order valence-electron chi connectivity index (χ1n) is 6.18. The number of nitrogens with zero attached hydrogens (tertiary/aromatic N) is 1. The van der Waals surface area contributed by atoms with Crippen LogP contribution in [0.1, 0.15) is 23.3 Å². The predicted octanol–water partition coefficient (Wildman–Crippen LogP) is 3.54. The Bertz CT molecular complexity index is 591. The lowest BCUT2D eigenvalue weighted by Crippen LogP contribution is -2.15. The van der Waals surface area contributed by atoms with Crippen molar-refractivity contribution in [3.05, 3.63) is 46.8 Å². The quantitative estimate of drug-likeness (QED) is 0.906. The van der Waals surface area contributed by atoms with Crippen molar-refractivity contribution >= 4 is 11.3 Å². The second kappa shape index (κ2) is 4.93. The zero-order valence-corrected chi connectivity index (χ0v) is 10.8. The summed E-state index contributed by atoms with van der Waals surface area (Å²) in [5, 5.41) is 12.4. The van der Waals surface area contributed by atoms with E-state index in [0.717, 1.165) is 17.5 Å². The van der Waals surface area contributed by atoms with Gasteiger partial charge in [0.2, 0.25) is 0 Å². The molecule has 1 fully saturated rings. The van der Waals surface area contributed by atoms with Crippen LogP contribution in [-0.4, -0.2) is 6.04 Å². The number of nitriles is 1. The van der Waals surface area contributed by atoms with Gasteiger partial charge in [-0.15, -0.1) is 11.3 Å². The van der Waals surface area contributed by atoms with Crippen molar-refractivity contribution in [2.45, 2.75) is 25.4 Å². The summed E-state index contributed by atoms with van der Waals surface area (Å²) >= 11 is 1.55. The third-order valence-electron chi connectivity index (χ3n) is 3.10. The highest BCUT2D eigenvalue weighted by Gasteiger charge is 2.19. The van der Waals surface area contributed by atoms with E-state index >= 15 is 0 Å². The molecule has 18 heavy (non-hydrogen) atoms. The summed E-state index contributed by atoms with van der Waals surface area (Å²) in [7, 11) is 0. The minimum Gasteiger partial charge on any atom is -0.310 e. The van der Waals surface area contributed by atoms with Gasteiger partial charge in [-0.1, -0.05) is 18.2 Å². The Balaban J connectivity index is 1.78. The number of hydrogen-bond donors (Lipinski definition) is 1. The lowest BCUT2D eigenvalue weighted by Gasteiger charge is -2.05. The Hall–Kier alpha value is -1.63. The van der Waals surface area contributed by atoms with Gasteiger partial charge in [-0.3, -0.25) is 0 Å². The number of benzene rings is 1. The van der Waals surface area contributed by atoms with Crippen LogP contribution >= 0.6 is 11.3 Å². The highest BCUT2D eigenvalue weighted by molar-refractivity contribution is 7.16. The van der Waals surface area contributed by atoms with Crippen LogP contribution in [-0.2, 0) is 6.54 Å². The molecule has 0 radical (unpaired) electrons. The molecule has 3 rings (SSSR count). The van der Waals surface area contributed by atoms with Crippen LogP contribution in [0, 0.1) is 11.3 Å². The van der Waals surface area contributed by atoms with Gasteiger partial charge < -0.3 is 5.32 Å². The molecule has 2 nitrogen and oxygen atoms in total. The summed E-state index contributed by atoms with van der Waals surface area (Å²) in [6, 6.07) is 15.4. The Morgan fingerprint density at radius 1 is 1.28 bits per heavy atom. The van der Waals surface area contributed by atoms with Gasteiger partial charge in [-0.05, 0) is 42.2 Å². The molecule has 1 N–H and O–H groups in total. The first-order chi connectivity index (χ1) is 8.85. The monoisotopic (exact) mass is 254 g/mol. The van der Waals surface area contributed by atoms with E-state index in [4.69, 9.17) is 5.26 Å². The third kappa shape index (κ3) is 2.61. The highest BCUT2D eigenvalue weighted by atomic mass is 32.1. The van der Waals surface area contributed by atoms with Gasteiger partial charge in [-0.25, -0.2) is 0 Å². The smallest absolute Gasteiger partial charge is 0.110 e. The Morgan fingerprint density at radius 2 is 2.17 bits per heavy atom. The summed E-state index contributed by atoms with van der Waals surface area (Å²) in [6.45, 7) is 0.939. The van der Waals surface area contributed by atoms with Crippen LogP contribution in [0.3, 0.4) is 0 Å². The number of nitrogens with one attached hydrogen (secondary N) is 1. The zero-order chi connectivity index (χ0) is 12.4. The first kappa shape index (κ1) is 11.5. The lowest BCUT2D eigenvalue weighted by molar-refractivity contribution is 0.688. The molecule has 1 saturated carbocycles. The van der Waals surface area contributed by atoms with E-state index in [0.29, 0.717) is 0 Å². The maximum atomic E-state index is 8.86. The molecule has 0 atom stereocenters. The van der Waals surface area contributed by atoms with E-state index < -0.39 is 0 Å². The van der Waals surface area contributed by atoms with Crippen LogP contribution in [0.5, 0.6) is 0 Å². The van der Waals surface area contributed by atoms with Gasteiger partial charge in [0.05, 0.1) is 0 Å². The molecule has 0 bridgehead atoms. The number of rotatable bonds is 4. The molecule has 1 heterocycles. The van der Waals surface area contributed by atoms with Gasteiger partial charge in [0.1, 0.15) is 10.9 Å². The van der Waals surface area contributed by atoms with Crippen LogP contribution in [0.4, 0.5) is 0 Å². The molecule has 0 amide bonds. The fourth-order valence-electron chi connectivity index (χ4n) is 1.94. The molecule has 3 heteroatoms. The topological polar surface area (TPSA) is 35.8 Å². The van der Waals surface area contributed by atoms with Crippen molar-refractivity contribution in [1.82, 2.24) is 5.32 Å². The van der Waals surface area contributed by atoms with Crippen molar-refractivity contribution < 1.29 is 0 Å². The molecule has 1 aliphatic rings. The van der Waals surface area contributed by atoms with Gasteiger partial charge in [0.15, 0.2) is 0 Å². The molecule has 0 spiro atoms. The Morgan fingerprint density at radius 3 is 2.89 bits per heavy atom. The number of thiophene rings is 1. The molecule has 90 valence electrons. The lowest BCUT2D eigenvalue weighted by atomic mass is 10.1. The standard InChI is InChI=1S/C15H14N2S/c16-9-14-6-7-15(18-14)12-3-1-2-11(8-12)10-17-13-4-5-13/h1-3,6-8,13,17H,4-5,10H2. The summed E-state index contributed by atoms with van der Waals surface area (Å²) in [4.78, 5) is 1.94. The number of hydrogen-bond acceptors (Lipinski definition) is 3. The minimum atomic E-state index is 0.737. The zero-order valence-electron chi connectivity index (χ0n) is 10.0. The van der Waals surface area contributed by atoms with Gasteiger partial charge >= 0.3 is 0 Å². The second-order valence-corrected chi connectivity index (χ2v) is 5.72. The van der Waals surface area contributed by atoms with E-state index in [9.17, 15) is 0 Å². The average Bonchev–Trinajstić information content (AvgIpc) is 3.12. The molecule has 0 saturated heterocycles. The fraction of sp³-hybridized carbons (Fsp3) is 0.267. The van der Waals surface area contributed by atoms with Gasteiger partial charge in [0.25, 0.3) is 0 Å². The Kier molecular flexibility index (Phi) is 3.14. The average molecular weight is 254 g/mol. The molecule has 0 aliphatic heterocycles. The maximum absolute atomic E-state index is 8.86. The molecule has 0 unspecified atom stereocenters. The van der Waals surface area contributed by atoms with E-state index in [2.05, 4.69) is 35.7 Å². The third-order valence-corrected chi connectivity index (χ3v) is 4.14. The van der Waals surface area contributed by atoms with E-state index in [1.54, 1.807) is 11.3 Å². The van der Waals surface area contributed by atoms with Crippen molar-refractivity contribution in [2.75, 3.05) is 0 Å². The molecular weight excluding hydrogens is 240 g/mol. The highest BCUT2D eigenvalue weighted by Crippen LogP contribution is 2.28. The summed E-state index contributed by atoms with van der Waals surface area (Å²) < 4.78 is 0. The van der Waals surface area contributed by atoms with Gasteiger partial charge in [-0.2, -0.15) is 5.26 Å². The van der Waals surface area contributed by atoms with Crippen LogP contribution in [0.2, 0.25) is 0 Å². The predicted molar refractivity (Wildman–Crippen MR) is 74.3 cm³/mol. The molecule has 1 aromatic carbocycles. The van der Waals surface area contributed by atoms with Crippen LogP contribution < -0.4 is 5.32 Å². The molecular formula is C15H14N2S. The van der Waals surface area contributed by atoms with Crippen molar-refractivity contribution in [3.8, 4) is 16.5 Å². The van der Waals surface area contributed by atoms with Crippen molar-refractivity contribution in [2.24, 2.45) is 0 Å². The van der Waals surface area contributed by atoms with Gasteiger partial charge in [0, 0.05) is 17.5 Å². The summed E-state index contributed by atoms with van der Waals surface area (Å²) in [6.07, 6.45) is 2.63. The van der Waals surface area contributed by atoms with E-state index in [1.165, 1.54) is 28.8 Å². The normalized spacial score (nSPS) is 14.4. The van der Waals surface area contributed by atoms with Crippen molar-refractivity contribution in [3.63, 3.8) is 0 Å². The Labute approximate surface area is 111 Å². The fourth-order valence-corrected chi connectivity index (χ4v) is 2.74. The molecule has 1 aliphatic carbocycles.